The summed E-state index contributed by atoms with van der Waals surface area (Å²) >= 11 is 5.77. The van der Waals surface area contributed by atoms with Gasteiger partial charge in [0.25, 0.3) is 0 Å². The van der Waals surface area contributed by atoms with Gasteiger partial charge < -0.3 is 11.1 Å². The van der Waals surface area contributed by atoms with Gasteiger partial charge in [-0.15, -0.1) is 0 Å². The van der Waals surface area contributed by atoms with Gasteiger partial charge >= 0.3 is 0 Å². The van der Waals surface area contributed by atoms with Crippen molar-refractivity contribution in [3.63, 3.8) is 0 Å². The molecule has 1 heterocycles. The van der Waals surface area contributed by atoms with Crippen molar-refractivity contribution in [1.29, 1.82) is 0 Å². The van der Waals surface area contributed by atoms with Gasteiger partial charge in [-0.1, -0.05) is 17.7 Å². The average Bonchev–Trinajstić information content (AvgIpc) is 2.30. The molecule has 17 heavy (non-hydrogen) atoms. The van der Waals surface area contributed by atoms with E-state index in [0.717, 1.165) is 0 Å². The predicted molar refractivity (Wildman–Crippen MR) is 68.1 cm³/mol. The van der Waals surface area contributed by atoms with E-state index in [0.29, 0.717) is 27.9 Å². The second-order valence-corrected chi connectivity index (χ2v) is 4.00. The van der Waals surface area contributed by atoms with E-state index >= 15 is 0 Å². The molecule has 0 atom stereocenters. The molecule has 0 bridgehead atoms. The van der Waals surface area contributed by atoms with Gasteiger partial charge in [-0.3, -0.25) is 0 Å². The molecule has 5 heteroatoms. The molecular weight excluding hydrogens is 241 g/mol. The summed E-state index contributed by atoms with van der Waals surface area (Å²) in [7, 11) is 0. The zero-order valence-electron chi connectivity index (χ0n) is 9.17. The molecule has 0 saturated heterocycles. The van der Waals surface area contributed by atoms with Crippen molar-refractivity contribution in [1.82, 2.24) is 4.98 Å². The number of nitrogens with zero attached hydrogens (tertiary/aromatic N) is 1. The topological polar surface area (TPSA) is 50.9 Å². The van der Waals surface area contributed by atoms with Crippen molar-refractivity contribution in [2.45, 2.75) is 6.92 Å². The highest BCUT2D eigenvalue weighted by Gasteiger charge is 2.07. The molecular formula is C12H11ClFN3. The monoisotopic (exact) mass is 251 g/mol. The van der Waals surface area contributed by atoms with E-state index < -0.39 is 0 Å². The summed E-state index contributed by atoms with van der Waals surface area (Å²) < 4.78 is 13.3. The van der Waals surface area contributed by atoms with E-state index in [1.165, 1.54) is 6.07 Å². The first-order chi connectivity index (χ1) is 8.08. The zero-order valence-corrected chi connectivity index (χ0v) is 9.92. The second kappa shape index (κ2) is 4.59. The second-order valence-electron chi connectivity index (χ2n) is 3.61. The Balaban J connectivity index is 2.38. The molecule has 2 rings (SSSR count). The van der Waals surface area contributed by atoms with E-state index in [1.807, 2.05) is 0 Å². The molecule has 0 radical (unpaired) electrons. The molecule has 0 aliphatic heterocycles. The number of benzene rings is 1. The SMILES string of the molecule is Cc1c(F)cccc1Nc1nc(Cl)ccc1N. The van der Waals surface area contributed by atoms with Crippen molar-refractivity contribution in [3.05, 3.63) is 46.9 Å². The maximum absolute atomic E-state index is 13.3. The number of nitrogens with one attached hydrogen (secondary N) is 1. The molecule has 1 aromatic heterocycles. The van der Waals surface area contributed by atoms with Crippen LogP contribution in [0.25, 0.3) is 0 Å². The molecule has 3 nitrogen and oxygen atoms in total. The number of nitrogen functional groups attached to an aromatic ring is 1. The number of pyridine rings is 1. The first-order valence-corrected chi connectivity index (χ1v) is 5.40. The highest BCUT2D eigenvalue weighted by molar-refractivity contribution is 6.29. The lowest BCUT2D eigenvalue weighted by Gasteiger charge is -2.11. The number of aromatic nitrogens is 1. The van der Waals surface area contributed by atoms with Crippen molar-refractivity contribution < 1.29 is 4.39 Å². The Hall–Kier alpha value is -1.81. The predicted octanol–water partition coefficient (Wildman–Crippen LogP) is 3.51. The molecule has 0 fully saturated rings. The molecule has 0 aliphatic rings. The van der Waals surface area contributed by atoms with Gasteiger partial charge in [-0.2, -0.15) is 0 Å². The molecule has 0 amide bonds. The summed E-state index contributed by atoms with van der Waals surface area (Å²) in [6, 6.07) is 8.01. The summed E-state index contributed by atoms with van der Waals surface area (Å²) in [6.45, 7) is 1.68. The van der Waals surface area contributed by atoms with Crippen molar-refractivity contribution in [3.8, 4) is 0 Å². The number of rotatable bonds is 2. The fourth-order valence-corrected chi connectivity index (χ4v) is 1.56. The van der Waals surface area contributed by atoms with Crippen LogP contribution in [0.5, 0.6) is 0 Å². The average molecular weight is 252 g/mol. The Bertz CT molecular complexity index is 557. The fraction of sp³-hybridized carbons (Fsp3) is 0.0833. The largest absolute Gasteiger partial charge is 0.396 e. The number of nitrogens with two attached hydrogens (primary N) is 1. The first-order valence-electron chi connectivity index (χ1n) is 5.02. The minimum absolute atomic E-state index is 0.282. The molecule has 2 aromatic rings. The number of hydrogen-bond donors (Lipinski definition) is 2. The van der Waals surface area contributed by atoms with Gasteiger partial charge in [0.05, 0.1) is 5.69 Å². The van der Waals surface area contributed by atoms with Crippen LogP contribution < -0.4 is 11.1 Å². The normalized spacial score (nSPS) is 10.3. The highest BCUT2D eigenvalue weighted by atomic mass is 35.5. The quantitative estimate of drug-likeness (QED) is 0.803. The van der Waals surface area contributed by atoms with Crippen LogP contribution in [0, 0.1) is 12.7 Å². The van der Waals surface area contributed by atoms with Crippen molar-refractivity contribution in [2.75, 3.05) is 11.1 Å². The first kappa shape index (κ1) is 11.7. The maximum atomic E-state index is 13.3. The van der Waals surface area contributed by atoms with Crippen LogP contribution in [0.15, 0.2) is 30.3 Å². The Labute approximate surface area is 103 Å². The lowest BCUT2D eigenvalue weighted by molar-refractivity contribution is 0.619. The van der Waals surface area contributed by atoms with Crippen LogP contribution in [-0.2, 0) is 0 Å². The Morgan fingerprint density at radius 3 is 2.82 bits per heavy atom. The molecule has 1 aromatic carbocycles. The molecule has 0 unspecified atom stereocenters. The zero-order chi connectivity index (χ0) is 12.4. The van der Waals surface area contributed by atoms with Gasteiger partial charge in [0, 0.05) is 11.3 Å². The van der Waals surface area contributed by atoms with Crippen LogP contribution in [0.4, 0.5) is 21.6 Å². The number of hydrogen-bond acceptors (Lipinski definition) is 3. The van der Waals surface area contributed by atoms with E-state index in [1.54, 1.807) is 31.2 Å². The van der Waals surface area contributed by atoms with Crippen molar-refractivity contribution >= 4 is 28.8 Å². The summed E-state index contributed by atoms with van der Waals surface area (Å²) in [6.07, 6.45) is 0. The summed E-state index contributed by atoms with van der Waals surface area (Å²) in [5, 5.41) is 3.29. The molecule has 3 N–H and O–H groups in total. The number of halogens is 2. The van der Waals surface area contributed by atoms with Crippen LogP contribution in [0.2, 0.25) is 5.15 Å². The Morgan fingerprint density at radius 2 is 2.06 bits per heavy atom. The molecule has 0 saturated carbocycles. The van der Waals surface area contributed by atoms with E-state index in [-0.39, 0.29) is 5.82 Å². The molecule has 0 aliphatic carbocycles. The lowest BCUT2D eigenvalue weighted by atomic mass is 10.2. The van der Waals surface area contributed by atoms with Gasteiger partial charge in [-0.25, -0.2) is 9.37 Å². The minimum atomic E-state index is -0.282. The highest BCUT2D eigenvalue weighted by Crippen LogP contribution is 2.25. The third-order valence-electron chi connectivity index (χ3n) is 2.41. The van der Waals surface area contributed by atoms with E-state index in [2.05, 4.69) is 10.3 Å². The third kappa shape index (κ3) is 2.47. The third-order valence-corrected chi connectivity index (χ3v) is 2.62. The smallest absolute Gasteiger partial charge is 0.155 e. The van der Waals surface area contributed by atoms with Crippen molar-refractivity contribution in [2.24, 2.45) is 0 Å². The standard InChI is InChI=1S/C12H11ClFN3/c1-7-8(14)3-2-4-10(7)16-12-9(15)5-6-11(13)17-12/h2-6H,15H2,1H3,(H,16,17). The van der Waals surface area contributed by atoms with Crippen LogP contribution >= 0.6 is 11.6 Å². The Morgan fingerprint density at radius 1 is 1.29 bits per heavy atom. The Kier molecular flexibility index (Phi) is 3.15. The summed E-state index contributed by atoms with van der Waals surface area (Å²) in [4.78, 5) is 4.05. The maximum Gasteiger partial charge on any atom is 0.155 e. The van der Waals surface area contributed by atoms with Gasteiger partial charge in [0.15, 0.2) is 5.82 Å². The summed E-state index contributed by atoms with van der Waals surface area (Å²) in [5.74, 6) is 0.141. The van der Waals surface area contributed by atoms with Gasteiger partial charge in [0.1, 0.15) is 11.0 Å². The molecule has 88 valence electrons. The van der Waals surface area contributed by atoms with Crippen LogP contribution in [-0.4, -0.2) is 4.98 Å². The van der Waals surface area contributed by atoms with E-state index in [4.69, 9.17) is 17.3 Å². The molecule has 0 spiro atoms. The van der Waals surface area contributed by atoms with Gasteiger partial charge in [-0.05, 0) is 31.2 Å². The number of anilines is 3. The lowest BCUT2D eigenvalue weighted by Crippen LogP contribution is -2.01. The minimum Gasteiger partial charge on any atom is -0.396 e. The van der Waals surface area contributed by atoms with Crippen LogP contribution in [0.1, 0.15) is 5.56 Å². The fourth-order valence-electron chi connectivity index (χ4n) is 1.42. The summed E-state index contributed by atoms with van der Waals surface area (Å²) in [5.41, 5.74) is 7.33. The van der Waals surface area contributed by atoms with E-state index in [9.17, 15) is 4.39 Å². The van der Waals surface area contributed by atoms with Gasteiger partial charge in [0.2, 0.25) is 0 Å². The van der Waals surface area contributed by atoms with Crippen LogP contribution in [0.3, 0.4) is 0 Å².